The molecule has 0 saturated heterocycles. The van der Waals surface area contributed by atoms with E-state index in [-0.39, 0.29) is 29.3 Å². The number of methoxy groups -OCH3 is 1. The lowest BCUT2D eigenvalue weighted by molar-refractivity contribution is 0.0915. The van der Waals surface area contributed by atoms with E-state index < -0.39 is 5.82 Å². The molecule has 1 aromatic carbocycles. The van der Waals surface area contributed by atoms with Gasteiger partial charge in [-0.25, -0.2) is 4.39 Å². The van der Waals surface area contributed by atoms with Crippen LogP contribution < -0.4 is 11.1 Å². The van der Waals surface area contributed by atoms with Crippen LogP contribution in [-0.2, 0) is 4.74 Å². The van der Waals surface area contributed by atoms with E-state index in [2.05, 4.69) is 5.32 Å². The van der Waals surface area contributed by atoms with Crippen molar-refractivity contribution in [1.82, 2.24) is 5.32 Å². The van der Waals surface area contributed by atoms with E-state index in [1.165, 1.54) is 18.2 Å². The molecule has 1 saturated carbocycles. The van der Waals surface area contributed by atoms with Gasteiger partial charge in [-0.2, -0.15) is 0 Å². The summed E-state index contributed by atoms with van der Waals surface area (Å²) < 4.78 is 18.5. The fraction of sp³-hybridized carbons (Fsp3) is 0.462. The first-order chi connectivity index (χ1) is 8.61. The Morgan fingerprint density at radius 1 is 1.50 bits per heavy atom. The summed E-state index contributed by atoms with van der Waals surface area (Å²) in [6.45, 7) is 0. The van der Waals surface area contributed by atoms with E-state index in [1.54, 1.807) is 7.11 Å². The fourth-order valence-electron chi connectivity index (χ4n) is 2.28. The Labute approximate surface area is 105 Å². The molecule has 18 heavy (non-hydrogen) atoms. The van der Waals surface area contributed by atoms with E-state index in [0.29, 0.717) is 0 Å². The number of nitrogens with two attached hydrogens (primary N) is 1. The third kappa shape index (κ3) is 2.61. The van der Waals surface area contributed by atoms with Crippen molar-refractivity contribution >= 4 is 11.6 Å². The average Bonchev–Trinajstić information content (AvgIpc) is 2.80. The van der Waals surface area contributed by atoms with Crippen LogP contribution in [0.2, 0.25) is 0 Å². The molecule has 0 heterocycles. The van der Waals surface area contributed by atoms with Gasteiger partial charge in [0.2, 0.25) is 0 Å². The number of amides is 1. The molecule has 3 N–H and O–H groups in total. The number of benzene rings is 1. The second-order valence-corrected chi connectivity index (χ2v) is 4.54. The third-order valence-electron chi connectivity index (χ3n) is 3.35. The topological polar surface area (TPSA) is 64.3 Å². The van der Waals surface area contributed by atoms with Gasteiger partial charge in [-0.15, -0.1) is 0 Å². The van der Waals surface area contributed by atoms with Crippen molar-refractivity contribution in [3.8, 4) is 0 Å². The van der Waals surface area contributed by atoms with Crippen molar-refractivity contribution < 1.29 is 13.9 Å². The van der Waals surface area contributed by atoms with Crippen LogP contribution in [0.25, 0.3) is 0 Å². The Balaban J connectivity index is 2.02. The molecule has 0 bridgehead atoms. The highest BCUT2D eigenvalue weighted by Gasteiger charge is 2.26. The Morgan fingerprint density at radius 2 is 2.28 bits per heavy atom. The molecule has 1 fully saturated rings. The summed E-state index contributed by atoms with van der Waals surface area (Å²) in [6.07, 6.45) is 2.79. The van der Waals surface area contributed by atoms with Gasteiger partial charge in [0.25, 0.3) is 5.91 Å². The Bertz CT molecular complexity index is 451. The summed E-state index contributed by atoms with van der Waals surface area (Å²) >= 11 is 0. The van der Waals surface area contributed by atoms with Crippen LogP contribution in [0.1, 0.15) is 29.6 Å². The minimum absolute atomic E-state index is 0.0742. The van der Waals surface area contributed by atoms with Crippen molar-refractivity contribution in [2.45, 2.75) is 31.4 Å². The van der Waals surface area contributed by atoms with E-state index in [9.17, 15) is 9.18 Å². The highest BCUT2D eigenvalue weighted by Crippen LogP contribution is 2.22. The van der Waals surface area contributed by atoms with Gasteiger partial charge in [-0.3, -0.25) is 4.79 Å². The predicted molar refractivity (Wildman–Crippen MR) is 66.7 cm³/mol. The van der Waals surface area contributed by atoms with Crippen molar-refractivity contribution in [2.24, 2.45) is 0 Å². The maximum Gasteiger partial charge on any atom is 0.253 e. The number of carbonyl (C=O) groups is 1. The summed E-state index contributed by atoms with van der Waals surface area (Å²) in [5.41, 5.74) is 5.64. The van der Waals surface area contributed by atoms with Gasteiger partial charge in [0.15, 0.2) is 0 Å². The maximum absolute atomic E-state index is 13.2. The van der Waals surface area contributed by atoms with Crippen LogP contribution in [0.5, 0.6) is 0 Å². The molecule has 2 rings (SSSR count). The zero-order valence-corrected chi connectivity index (χ0v) is 10.3. The summed E-state index contributed by atoms with van der Waals surface area (Å²) in [7, 11) is 1.67. The molecule has 1 aliphatic carbocycles. The number of carbonyl (C=O) groups excluding carboxylic acids is 1. The fourth-order valence-corrected chi connectivity index (χ4v) is 2.28. The molecule has 1 amide bonds. The molecule has 0 spiro atoms. The molecule has 4 nitrogen and oxygen atoms in total. The summed E-state index contributed by atoms with van der Waals surface area (Å²) in [5.74, 6) is -0.891. The zero-order chi connectivity index (χ0) is 13.1. The lowest BCUT2D eigenvalue weighted by Crippen LogP contribution is -2.34. The minimum atomic E-state index is -0.566. The Hall–Kier alpha value is -1.62. The van der Waals surface area contributed by atoms with Gasteiger partial charge >= 0.3 is 0 Å². The summed E-state index contributed by atoms with van der Waals surface area (Å²) in [4.78, 5) is 12.0. The van der Waals surface area contributed by atoms with E-state index >= 15 is 0 Å². The zero-order valence-electron chi connectivity index (χ0n) is 10.3. The van der Waals surface area contributed by atoms with Crippen molar-refractivity contribution in [1.29, 1.82) is 0 Å². The predicted octanol–water partition coefficient (Wildman–Crippen LogP) is 1.71. The van der Waals surface area contributed by atoms with Gasteiger partial charge < -0.3 is 15.8 Å². The van der Waals surface area contributed by atoms with Gasteiger partial charge in [-0.1, -0.05) is 6.07 Å². The maximum atomic E-state index is 13.2. The largest absolute Gasteiger partial charge is 0.396 e. The number of hydrogen-bond acceptors (Lipinski definition) is 3. The molecule has 2 atom stereocenters. The first kappa shape index (κ1) is 12.8. The Morgan fingerprint density at radius 3 is 2.94 bits per heavy atom. The van der Waals surface area contributed by atoms with E-state index in [0.717, 1.165) is 19.3 Å². The lowest BCUT2D eigenvalue weighted by atomic mass is 10.1. The monoisotopic (exact) mass is 252 g/mol. The standard InChI is InChI=1S/C13H17FN2O2/c1-18-9-6-5-8(7-9)16-13(17)10-3-2-4-11(14)12(10)15/h2-4,8-9H,5-7,15H2,1H3,(H,16,17). The highest BCUT2D eigenvalue weighted by atomic mass is 19.1. The number of halogens is 1. The third-order valence-corrected chi connectivity index (χ3v) is 3.35. The van der Waals surface area contributed by atoms with Crippen LogP contribution in [0, 0.1) is 5.82 Å². The van der Waals surface area contributed by atoms with Crippen molar-refractivity contribution in [2.75, 3.05) is 12.8 Å². The van der Waals surface area contributed by atoms with Crippen molar-refractivity contribution in [3.63, 3.8) is 0 Å². The second-order valence-electron chi connectivity index (χ2n) is 4.54. The molecule has 0 radical (unpaired) electrons. The molecule has 1 aliphatic rings. The van der Waals surface area contributed by atoms with Crippen molar-refractivity contribution in [3.05, 3.63) is 29.6 Å². The molecule has 2 unspecified atom stereocenters. The van der Waals surface area contributed by atoms with Gasteiger partial charge in [0.1, 0.15) is 5.82 Å². The number of nitrogens with one attached hydrogen (secondary N) is 1. The summed E-state index contributed by atoms with van der Waals surface area (Å²) in [6, 6.07) is 4.32. The highest BCUT2D eigenvalue weighted by molar-refractivity contribution is 5.99. The quantitative estimate of drug-likeness (QED) is 0.805. The molecule has 5 heteroatoms. The number of ether oxygens (including phenoxy) is 1. The first-order valence-corrected chi connectivity index (χ1v) is 5.99. The van der Waals surface area contributed by atoms with Crippen LogP contribution in [0.3, 0.4) is 0 Å². The molecule has 1 aromatic rings. The number of rotatable bonds is 3. The first-order valence-electron chi connectivity index (χ1n) is 5.99. The molecule has 98 valence electrons. The Kier molecular flexibility index (Phi) is 3.81. The van der Waals surface area contributed by atoms with Crippen LogP contribution in [0.15, 0.2) is 18.2 Å². The number of para-hydroxylation sites is 1. The molecule has 0 aliphatic heterocycles. The second kappa shape index (κ2) is 5.35. The van der Waals surface area contributed by atoms with Crippen LogP contribution in [0.4, 0.5) is 10.1 Å². The van der Waals surface area contributed by atoms with Gasteiger partial charge in [0.05, 0.1) is 17.4 Å². The number of hydrogen-bond donors (Lipinski definition) is 2. The van der Waals surface area contributed by atoms with E-state index in [1.807, 2.05) is 0 Å². The number of nitrogen functional groups attached to an aromatic ring is 1. The SMILES string of the molecule is COC1CCC(NC(=O)c2cccc(F)c2N)C1. The van der Waals surface area contributed by atoms with Crippen LogP contribution >= 0.6 is 0 Å². The molecular weight excluding hydrogens is 235 g/mol. The lowest BCUT2D eigenvalue weighted by Gasteiger charge is -2.14. The molecule has 0 aromatic heterocycles. The summed E-state index contributed by atoms with van der Waals surface area (Å²) in [5, 5.41) is 2.86. The van der Waals surface area contributed by atoms with Gasteiger partial charge in [0, 0.05) is 13.2 Å². The average molecular weight is 252 g/mol. The smallest absolute Gasteiger partial charge is 0.253 e. The van der Waals surface area contributed by atoms with Gasteiger partial charge in [-0.05, 0) is 31.4 Å². The molecular formula is C13H17FN2O2. The van der Waals surface area contributed by atoms with Crippen LogP contribution in [-0.4, -0.2) is 25.2 Å². The normalized spacial score (nSPS) is 23.0. The van der Waals surface area contributed by atoms with E-state index in [4.69, 9.17) is 10.5 Å². The minimum Gasteiger partial charge on any atom is -0.396 e. The number of anilines is 1.